The van der Waals surface area contributed by atoms with Crippen molar-refractivity contribution in [3.05, 3.63) is 29.3 Å². The molecular weight excluding hydrogens is 155 g/mol. The van der Waals surface area contributed by atoms with Crippen molar-refractivity contribution in [2.75, 3.05) is 0 Å². The van der Waals surface area contributed by atoms with Gasteiger partial charge in [-0.1, -0.05) is 0 Å². The van der Waals surface area contributed by atoms with Crippen molar-refractivity contribution in [3.63, 3.8) is 0 Å². The van der Waals surface area contributed by atoms with E-state index in [-0.39, 0.29) is 0 Å². The summed E-state index contributed by atoms with van der Waals surface area (Å²) in [5.41, 5.74) is 2.26. The van der Waals surface area contributed by atoms with Crippen LogP contribution < -0.4 is 3.79 Å². The molecule has 3 heteroatoms. The van der Waals surface area contributed by atoms with Gasteiger partial charge in [0.2, 0.25) is 0 Å². The summed E-state index contributed by atoms with van der Waals surface area (Å²) in [7, 11) is 0. The van der Waals surface area contributed by atoms with Crippen molar-refractivity contribution in [2.45, 2.75) is 13.8 Å². The fourth-order valence-corrected chi connectivity index (χ4v) is 1.30. The molecule has 1 aromatic carbocycles. The molecule has 0 aliphatic heterocycles. The fourth-order valence-electron chi connectivity index (χ4n) is 1.06. The van der Waals surface area contributed by atoms with E-state index in [9.17, 15) is 3.80 Å². The van der Waals surface area contributed by atoms with Crippen molar-refractivity contribution in [3.8, 4) is 5.75 Å². The van der Waals surface area contributed by atoms with Gasteiger partial charge in [0.15, 0.2) is 0 Å². The Morgan fingerprint density at radius 1 is 1.18 bits per heavy atom. The minimum absolute atomic E-state index is 0.701. The first-order chi connectivity index (χ1) is 5.22. The van der Waals surface area contributed by atoms with Crippen molar-refractivity contribution in [2.24, 2.45) is 0 Å². The Kier molecular flexibility index (Phi) is 2.81. The van der Waals surface area contributed by atoms with Crippen LogP contribution in [-0.2, 0) is 3.80 Å². The summed E-state index contributed by atoms with van der Waals surface area (Å²) < 4.78 is 15.1. The Bertz CT molecular complexity index is 251. The maximum atomic E-state index is 10.2. The van der Waals surface area contributed by atoms with Gasteiger partial charge in [0, 0.05) is 0 Å². The molecule has 0 unspecified atom stereocenters. The first kappa shape index (κ1) is 8.45. The maximum absolute atomic E-state index is 10.2. The molecule has 0 aliphatic rings. The van der Waals surface area contributed by atoms with Crippen LogP contribution in [0.1, 0.15) is 11.1 Å². The van der Waals surface area contributed by atoms with E-state index < -0.39 is 15.5 Å². The number of rotatable bonds is 2. The third-order valence-corrected chi connectivity index (χ3v) is 1.75. The van der Waals surface area contributed by atoms with Gasteiger partial charge >= 0.3 is 72.0 Å². The first-order valence-corrected chi connectivity index (χ1v) is 4.35. The minimum atomic E-state index is -1.14. The molecule has 0 aromatic heterocycles. The van der Waals surface area contributed by atoms with Gasteiger partial charge in [0.05, 0.1) is 0 Å². The summed E-state index contributed by atoms with van der Waals surface area (Å²) in [6.07, 6.45) is 0. The van der Waals surface area contributed by atoms with E-state index in [0.29, 0.717) is 5.75 Å². The van der Waals surface area contributed by atoms with Crippen LogP contribution in [0.3, 0.4) is 0 Å². The van der Waals surface area contributed by atoms with Crippen molar-refractivity contribution in [1.29, 1.82) is 0 Å². The molecule has 0 saturated heterocycles. The molecule has 0 atom stereocenters. The second kappa shape index (κ2) is 3.66. The molecule has 0 saturated carbocycles. The normalized spacial score (nSPS) is 8.91. The van der Waals surface area contributed by atoms with E-state index >= 15 is 0 Å². The van der Waals surface area contributed by atoms with Crippen LogP contribution in [0.4, 0.5) is 0 Å². The van der Waals surface area contributed by atoms with E-state index in [1.807, 2.05) is 32.0 Å². The Morgan fingerprint density at radius 2 is 1.73 bits per heavy atom. The number of hydrogen-bond donors (Lipinski definition) is 0. The molecular formula is C8H9AlO2. The van der Waals surface area contributed by atoms with Crippen molar-refractivity contribution >= 4 is 15.5 Å². The van der Waals surface area contributed by atoms with Crippen molar-refractivity contribution < 1.29 is 7.59 Å². The molecule has 0 amide bonds. The molecule has 11 heavy (non-hydrogen) atoms. The van der Waals surface area contributed by atoms with Gasteiger partial charge in [-0.15, -0.1) is 0 Å². The van der Waals surface area contributed by atoms with Crippen LogP contribution in [0.15, 0.2) is 18.2 Å². The quantitative estimate of drug-likeness (QED) is 0.621. The Labute approximate surface area is 72.4 Å². The zero-order valence-corrected chi connectivity index (χ0v) is 7.78. The standard InChI is InChI=1S/C8H10O.Al.O/c1-6-3-7(2)5-8(9)4-6;;/h3-5,9H,1-2H3;;/q;+1;/p-1. The van der Waals surface area contributed by atoms with E-state index in [1.54, 1.807) is 0 Å². The van der Waals surface area contributed by atoms with E-state index in [1.165, 1.54) is 0 Å². The second-order valence-corrected chi connectivity index (χ2v) is 2.97. The number of hydrogen-bond acceptors (Lipinski definition) is 2. The van der Waals surface area contributed by atoms with Crippen LogP contribution in [0.2, 0.25) is 0 Å². The molecule has 0 heterocycles. The van der Waals surface area contributed by atoms with Gasteiger partial charge in [0.1, 0.15) is 0 Å². The third kappa shape index (κ3) is 2.45. The van der Waals surface area contributed by atoms with Crippen LogP contribution in [0.25, 0.3) is 0 Å². The first-order valence-electron chi connectivity index (χ1n) is 3.41. The molecule has 56 valence electrons. The molecule has 2 nitrogen and oxygen atoms in total. The fraction of sp³-hybridized carbons (Fsp3) is 0.250. The molecule has 0 bridgehead atoms. The summed E-state index contributed by atoms with van der Waals surface area (Å²) in [6, 6.07) is 5.79. The Balaban J connectivity index is 2.98. The van der Waals surface area contributed by atoms with Gasteiger partial charge in [-0.2, -0.15) is 0 Å². The van der Waals surface area contributed by atoms with E-state index in [2.05, 4.69) is 0 Å². The van der Waals surface area contributed by atoms with E-state index in [0.717, 1.165) is 11.1 Å². The molecule has 0 N–H and O–H groups in total. The van der Waals surface area contributed by atoms with Gasteiger partial charge in [-0.25, -0.2) is 0 Å². The number of benzene rings is 1. The third-order valence-electron chi connectivity index (χ3n) is 1.38. The van der Waals surface area contributed by atoms with Crippen LogP contribution >= 0.6 is 0 Å². The van der Waals surface area contributed by atoms with Gasteiger partial charge in [-0.05, 0) is 0 Å². The van der Waals surface area contributed by atoms with E-state index in [4.69, 9.17) is 3.79 Å². The van der Waals surface area contributed by atoms with Crippen LogP contribution in [-0.4, -0.2) is 15.5 Å². The topological polar surface area (TPSA) is 26.3 Å². The van der Waals surface area contributed by atoms with Gasteiger partial charge in [0.25, 0.3) is 0 Å². The average Bonchev–Trinajstić information content (AvgIpc) is 1.85. The summed E-state index contributed by atoms with van der Waals surface area (Å²) >= 11 is -1.14. The number of aryl methyl sites for hydroxylation is 2. The molecule has 0 aliphatic carbocycles. The summed E-state index contributed by atoms with van der Waals surface area (Å²) in [4.78, 5) is 0. The zero-order valence-electron chi connectivity index (χ0n) is 6.63. The molecule has 1 aromatic rings. The Morgan fingerprint density at radius 3 is 2.18 bits per heavy atom. The molecule has 0 spiro atoms. The summed E-state index contributed by atoms with van der Waals surface area (Å²) in [6.45, 7) is 3.97. The predicted molar refractivity (Wildman–Crippen MR) is 43.0 cm³/mol. The summed E-state index contributed by atoms with van der Waals surface area (Å²) in [5.74, 6) is 0.701. The summed E-state index contributed by atoms with van der Waals surface area (Å²) in [5, 5.41) is 0. The second-order valence-electron chi connectivity index (χ2n) is 2.54. The average molecular weight is 164 g/mol. The molecule has 1 rings (SSSR count). The van der Waals surface area contributed by atoms with Crippen LogP contribution in [0.5, 0.6) is 5.75 Å². The molecule has 0 radical (unpaired) electrons. The van der Waals surface area contributed by atoms with Crippen LogP contribution in [0, 0.1) is 13.8 Å². The zero-order chi connectivity index (χ0) is 8.27. The van der Waals surface area contributed by atoms with Gasteiger partial charge in [-0.3, -0.25) is 0 Å². The SMILES string of the molecule is Cc1cc(C)cc([O][Al]=[O])c1. The Hall–Kier alpha value is -0.648. The molecule has 0 fully saturated rings. The van der Waals surface area contributed by atoms with Crippen molar-refractivity contribution in [1.82, 2.24) is 0 Å². The van der Waals surface area contributed by atoms with Gasteiger partial charge < -0.3 is 0 Å². The predicted octanol–water partition coefficient (Wildman–Crippen LogP) is 1.65. The monoisotopic (exact) mass is 164 g/mol.